The minimum atomic E-state index is -4.59. The monoisotopic (exact) mass is 253 g/mol. The first-order valence-electron chi connectivity index (χ1n) is 4.96. The van der Waals surface area contributed by atoms with E-state index in [1.165, 1.54) is 24.8 Å². The van der Waals surface area contributed by atoms with Crippen molar-refractivity contribution < 1.29 is 13.2 Å². The molecular formula is C10H6F3N5. The van der Waals surface area contributed by atoms with Crippen molar-refractivity contribution in [2.24, 2.45) is 4.99 Å². The molecule has 0 spiro atoms. The molecule has 0 radical (unpaired) electrons. The first kappa shape index (κ1) is 10.8. The van der Waals surface area contributed by atoms with Gasteiger partial charge < -0.3 is 5.32 Å². The molecule has 0 saturated carbocycles. The minimum Gasteiger partial charge on any atom is -0.345 e. The normalized spacial score (nSPS) is 13.5. The topological polar surface area (TPSA) is 55.1 Å². The molecule has 2 aromatic rings. The summed E-state index contributed by atoms with van der Waals surface area (Å²) in [5.74, 6) is 0. The fraction of sp³-hybridized carbons (Fsp3) is 0.100. The molecule has 8 heteroatoms. The number of nitrogens with one attached hydrogen (secondary N) is 1. The summed E-state index contributed by atoms with van der Waals surface area (Å²) in [6.45, 7) is 0. The van der Waals surface area contributed by atoms with Crippen LogP contribution in [0.15, 0.2) is 29.6 Å². The van der Waals surface area contributed by atoms with Crippen LogP contribution in [0.1, 0.15) is 0 Å². The van der Waals surface area contributed by atoms with Gasteiger partial charge in [-0.1, -0.05) is 0 Å². The molecule has 3 rings (SSSR count). The average Bonchev–Trinajstić information content (AvgIpc) is 2.66. The molecule has 0 saturated heterocycles. The molecule has 1 aliphatic rings. The van der Waals surface area contributed by atoms with Crippen LogP contribution in [0.3, 0.4) is 0 Å². The van der Waals surface area contributed by atoms with Crippen molar-refractivity contribution in [1.82, 2.24) is 14.8 Å². The van der Waals surface area contributed by atoms with Crippen molar-refractivity contribution in [3.8, 4) is 11.3 Å². The number of hydrogen-bond donors (Lipinski definition) is 1. The third-order valence-electron chi connectivity index (χ3n) is 2.49. The van der Waals surface area contributed by atoms with E-state index in [1.807, 2.05) is 0 Å². The number of pyridine rings is 1. The average molecular weight is 253 g/mol. The van der Waals surface area contributed by atoms with Gasteiger partial charge in [-0.3, -0.25) is 4.98 Å². The van der Waals surface area contributed by atoms with E-state index >= 15 is 0 Å². The van der Waals surface area contributed by atoms with Crippen LogP contribution < -0.4 is 5.32 Å². The zero-order valence-electron chi connectivity index (χ0n) is 8.81. The van der Waals surface area contributed by atoms with E-state index in [0.29, 0.717) is 11.3 Å². The van der Waals surface area contributed by atoms with E-state index < -0.39 is 6.30 Å². The molecule has 0 aliphatic carbocycles. The maximum atomic E-state index is 12.8. The first-order valence-corrected chi connectivity index (χ1v) is 4.96. The smallest absolute Gasteiger partial charge is 0.345 e. The predicted molar refractivity (Wildman–Crippen MR) is 58.5 cm³/mol. The Morgan fingerprint density at radius 3 is 2.83 bits per heavy atom. The van der Waals surface area contributed by atoms with Crippen LogP contribution in [0.25, 0.3) is 11.3 Å². The standard InChI is InChI=1S/C10H6F3N5/c11-10(12,13)18-9-6-1-2-14-3-7(6)15-5-16-8(9)4-17-18/h1-5H,(H,15,16). The molecule has 5 nitrogen and oxygen atoms in total. The Morgan fingerprint density at radius 2 is 2.06 bits per heavy atom. The van der Waals surface area contributed by atoms with Crippen molar-refractivity contribution in [2.45, 2.75) is 6.30 Å². The van der Waals surface area contributed by atoms with Crippen LogP contribution in [0.4, 0.5) is 24.5 Å². The van der Waals surface area contributed by atoms with E-state index in [9.17, 15) is 13.2 Å². The molecule has 2 aromatic heterocycles. The summed E-state index contributed by atoms with van der Waals surface area (Å²) >= 11 is 0. The Balaban J connectivity index is 2.32. The third kappa shape index (κ3) is 1.53. The molecule has 3 heterocycles. The summed E-state index contributed by atoms with van der Waals surface area (Å²) in [6, 6.07) is 1.49. The predicted octanol–water partition coefficient (Wildman–Crippen LogP) is 2.51. The molecule has 0 fully saturated rings. The van der Waals surface area contributed by atoms with Crippen LogP contribution in [-0.2, 0) is 6.30 Å². The lowest BCUT2D eigenvalue weighted by molar-refractivity contribution is -0.210. The number of rotatable bonds is 0. The second-order valence-corrected chi connectivity index (χ2v) is 3.58. The third-order valence-corrected chi connectivity index (χ3v) is 2.49. The van der Waals surface area contributed by atoms with Crippen LogP contribution in [0.2, 0.25) is 0 Å². The largest absolute Gasteiger partial charge is 0.505 e. The molecular weight excluding hydrogens is 247 g/mol. The fourth-order valence-corrected chi connectivity index (χ4v) is 1.77. The number of aromatic nitrogens is 3. The van der Waals surface area contributed by atoms with Crippen molar-refractivity contribution in [1.29, 1.82) is 0 Å². The lowest BCUT2D eigenvalue weighted by Crippen LogP contribution is -2.19. The van der Waals surface area contributed by atoms with Gasteiger partial charge in [-0.25, -0.2) is 4.99 Å². The second kappa shape index (κ2) is 3.56. The number of nitrogens with zero attached hydrogens (tertiary/aromatic N) is 4. The van der Waals surface area contributed by atoms with Crippen molar-refractivity contribution in [2.75, 3.05) is 5.32 Å². The Bertz CT molecular complexity index is 629. The van der Waals surface area contributed by atoms with E-state index in [-0.39, 0.29) is 16.1 Å². The van der Waals surface area contributed by atoms with Gasteiger partial charge >= 0.3 is 6.30 Å². The van der Waals surface area contributed by atoms with Gasteiger partial charge in [-0.15, -0.1) is 13.2 Å². The molecule has 0 unspecified atom stereocenters. The highest BCUT2D eigenvalue weighted by molar-refractivity contribution is 5.93. The van der Waals surface area contributed by atoms with Gasteiger partial charge in [0, 0.05) is 11.8 Å². The minimum absolute atomic E-state index is 0.00546. The maximum absolute atomic E-state index is 12.8. The lowest BCUT2D eigenvalue weighted by atomic mass is 10.1. The number of fused-ring (bicyclic) bond motifs is 3. The summed E-state index contributed by atoms with van der Waals surface area (Å²) in [7, 11) is 0. The van der Waals surface area contributed by atoms with Gasteiger partial charge in [0.25, 0.3) is 0 Å². The number of aliphatic imine (C=N–C) groups is 1. The lowest BCUT2D eigenvalue weighted by Gasteiger charge is -2.12. The summed E-state index contributed by atoms with van der Waals surface area (Å²) in [4.78, 5) is 7.74. The van der Waals surface area contributed by atoms with E-state index in [4.69, 9.17) is 0 Å². The second-order valence-electron chi connectivity index (χ2n) is 3.58. The van der Waals surface area contributed by atoms with E-state index in [0.717, 1.165) is 6.20 Å². The Morgan fingerprint density at radius 1 is 1.22 bits per heavy atom. The van der Waals surface area contributed by atoms with Gasteiger partial charge in [-0.2, -0.15) is 9.78 Å². The quantitative estimate of drug-likeness (QED) is 0.784. The molecule has 1 aliphatic heterocycles. The summed E-state index contributed by atoms with van der Waals surface area (Å²) in [6.07, 6.45) is 0.659. The molecule has 0 bridgehead atoms. The van der Waals surface area contributed by atoms with E-state index in [2.05, 4.69) is 20.4 Å². The van der Waals surface area contributed by atoms with Gasteiger partial charge in [-0.05, 0) is 6.07 Å². The maximum Gasteiger partial charge on any atom is 0.505 e. The first-order chi connectivity index (χ1) is 8.57. The molecule has 92 valence electrons. The molecule has 0 aromatic carbocycles. The number of halogens is 3. The zero-order valence-corrected chi connectivity index (χ0v) is 8.81. The van der Waals surface area contributed by atoms with Gasteiger partial charge in [0.15, 0.2) is 0 Å². The van der Waals surface area contributed by atoms with Crippen molar-refractivity contribution >= 4 is 17.7 Å². The van der Waals surface area contributed by atoms with Gasteiger partial charge in [0.1, 0.15) is 11.4 Å². The Kier molecular flexibility index (Phi) is 2.12. The highest BCUT2D eigenvalue weighted by Gasteiger charge is 2.36. The zero-order chi connectivity index (χ0) is 12.8. The van der Waals surface area contributed by atoms with Crippen LogP contribution >= 0.6 is 0 Å². The molecule has 0 amide bonds. The summed E-state index contributed by atoms with van der Waals surface area (Å²) < 4.78 is 38.6. The Labute approximate surface area is 99.0 Å². The van der Waals surface area contributed by atoms with Crippen LogP contribution in [0.5, 0.6) is 0 Å². The fourth-order valence-electron chi connectivity index (χ4n) is 1.77. The van der Waals surface area contributed by atoms with Crippen molar-refractivity contribution in [3.05, 3.63) is 24.7 Å². The number of anilines is 1. The summed E-state index contributed by atoms with van der Waals surface area (Å²) in [5, 5.41) is 6.11. The van der Waals surface area contributed by atoms with Gasteiger partial charge in [0.2, 0.25) is 0 Å². The number of hydrogen-bond acceptors (Lipinski definition) is 4. The summed E-state index contributed by atoms with van der Waals surface area (Å²) in [5.41, 5.74) is 0.865. The number of alkyl halides is 3. The molecule has 0 atom stereocenters. The molecule has 1 N–H and O–H groups in total. The van der Waals surface area contributed by atoms with Crippen molar-refractivity contribution in [3.63, 3.8) is 0 Å². The SMILES string of the molecule is FC(F)(F)n1ncc2c1-c1ccncc1NC=N2. The Hall–Kier alpha value is -2.38. The van der Waals surface area contributed by atoms with Crippen LogP contribution in [-0.4, -0.2) is 21.1 Å². The van der Waals surface area contributed by atoms with Crippen LogP contribution in [0, 0.1) is 0 Å². The highest BCUT2D eigenvalue weighted by Crippen LogP contribution is 2.39. The van der Waals surface area contributed by atoms with E-state index in [1.54, 1.807) is 0 Å². The highest BCUT2D eigenvalue weighted by atomic mass is 19.4. The van der Waals surface area contributed by atoms with Gasteiger partial charge in [0.05, 0.1) is 24.4 Å². The molecule has 18 heavy (non-hydrogen) atoms.